The SMILES string of the molecule is O=c1c2ccccc2nc(CSc2ccc(F)cc2)n1-c1ccc(F)cc1. The molecule has 0 aliphatic carbocycles. The van der Waals surface area contributed by atoms with E-state index in [0.717, 1.165) is 4.90 Å². The number of hydrogen-bond acceptors (Lipinski definition) is 3. The summed E-state index contributed by atoms with van der Waals surface area (Å²) in [6.45, 7) is 0. The molecule has 0 spiro atoms. The van der Waals surface area contributed by atoms with E-state index in [-0.39, 0.29) is 17.2 Å². The molecule has 0 unspecified atom stereocenters. The summed E-state index contributed by atoms with van der Waals surface area (Å²) in [5.74, 6) is 0.275. The molecular weight excluding hydrogens is 366 g/mol. The highest BCUT2D eigenvalue weighted by atomic mass is 32.2. The average Bonchev–Trinajstić information content (AvgIpc) is 2.69. The molecule has 0 saturated heterocycles. The van der Waals surface area contributed by atoms with Gasteiger partial charge in [-0.05, 0) is 60.7 Å². The van der Waals surface area contributed by atoms with Crippen LogP contribution in [0.1, 0.15) is 5.82 Å². The first-order chi connectivity index (χ1) is 13.1. The largest absolute Gasteiger partial charge is 0.268 e. The number of benzene rings is 3. The number of fused-ring (bicyclic) bond motifs is 1. The fourth-order valence-electron chi connectivity index (χ4n) is 2.81. The van der Waals surface area contributed by atoms with Crippen LogP contribution in [0.5, 0.6) is 0 Å². The van der Waals surface area contributed by atoms with Crippen LogP contribution in [-0.4, -0.2) is 9.55 Å². The highest BCUT2D eigenvalue weighted by molar-refractivity contribution is 7.98. The van der Waals surface area contributed by atoms with Crippen molar-refractivity contribution in [1.29, 1.82) is 0 Å². The van der Waals surface area contributed by atoms with Crippen LogP contribution >= 0.6 is 11.8 Å². The lowest BCUT2D eigenvalue weighted by atomic mass is 10.2. The summed E-state index contributed by atoms with van der Waals surface area (Å²) < 4.78 is 27.9. The maximum atomic E-state index is 13.3. The molecule has 1 heterocycles. The molecule has 0 atom stereocenters. The summed E-state index contributed by atoms with van der Waals surface area (Å²) in [4.78, 5) is 18.6. The van der Waals surface area contributed by atoms with Crippen LogP contribution in [0.15, 0.2) is 82.5 Å². The van der Waals surface area contributed by atoms with E-state index in [1.165, 1.54) is 40.6 Å². The Kier molecular flexibility index (Phi) is 4.73. The van der Waals surface area contributed by atoms with Crippen LogP contribution < -0.4 is 5.56 Å². The van der Waals surface area contributed by atoms with E-state index in [2.05, 4.69) is 4.98 Å². The lowest BCUT2D eigenvalue weighted by Crippen LogP contribution is -2.23. The Labute approximate surface area is 158 Å². The summed E-state index contributed by atoms with van der Waals surface area (Å²) in [6, 6.07) is 19.0. The van der Waals surface area contributed by atoms with Gasteiger partial charge in [0.15, 0.2) is 0 Å². The molecule has 27 heavy (non-hydrogen) atoms. The molecule has 0 bridgehead atoms. The summed E-state index contributed by atoms with van der Waals surface area (Å²) in [6.07, 6.45) is 0. The van der Waals surface area contributed by atoms with Crippen LogP contribution in [-0.2, 0) is 5.75 Å². The van der Waals surface area contributed by atoms with Crippen molar-refractivity contribution in [3.8, 4) is 5.69 Å². The molecule has 4 rings (SSSR count). The number of nitrogens with zero attached hydrogens (tertiary/aromatic N) is 2. The second-order valence-corrected chi connectivity index (χ2v) is 6.95. The first-order valence-corrected chi connectivity index (χ1v) is 9.25. The van der Waals surface area contributed by atoms with Gasteiger partial charge in [0, 0.05) is 4.90 Å². The third-order valence-electron chi connectivity index (χ3n) is 4.11. The summed E-state index contributed by atoms with van der Waals surface area (Å²) in [5.41, 5.74) is 0.951. The van der Waals surface area contributed by atoms with Crippen molar-refractivity contribution in [1.82, 2.24) is 9.55 Å². The fraction of sp³-hybridized carbons (Fsp3) is 0.0476. The molecule has 6 heteroatoms. The van der Waals surface area contributed by atoms with Gasteiger partial charge in [0.2, 0.25) is 0 Å². The van der Waals surface area contributed by atoms with Crippen LogP contribution in [0.4, 0.5) is 8.78 Å². The Bertz CT molecular complexity index is 1160. The Morgan fingerprint density at radius 2 is 1.48 bits per heavy atom. The molecule has 134 valence electrons. The predicted molar refractivity (Wildman–Crippen MR) is 103 cm³/mol. The molecule has 0 aliphatic rings. The molecule has 0 N–H and O–H groups in total. The number of thioether (sulfide) groups is 1. The van der Waals surface area contributed by atoms with Gasteiger partial charge in [-0.15, -0.1) is 11.8 Å². The molecule has 4 aromatic rings. The molecule has 0 amide bonds. The van der Waals surface area contributed by atoms with Gasteiger partial charge < -0.3 is 0 Å². The van der Waals surface area contributed by atoms with Crippen LogP contribution in [0, 0.1) is 11.6 Å². The van der Waals surface area contributed by atoms with Gasteiger partial charge in [-0.25, -0.2) is 13.8 Å². The van der Waals surface area contributed by atoms with E-state index < -0.39 is 0 Å². The van der Waals surface area contributed by atoms with E-state index >= 15 is 0 Å². The molecular formula is C21H14F2N2OS. The zero-order chi connectivity index (χ0) is 18.8. The number of halogens is 2. The van der Waals surface area contributed by atoms with Crippen molar-refractivity contribution >= 4 is 22.7 Å². The van der Waals surface area contributed by atoms with E-state index in [1.807, 2.05) is 6.07 Å². The highest BCUT2D eigenvalue weighted by Gasteiger charge is 2.13. The third-order valence-corrected chi connectivity index (χ3v) is 5.12. The monoisotopic (exact) mass is 380 g/mol. The van der Waals surface area contributed by atoms with Crippen molar-refractivity contribution < 1.29 is 8.78 Å². The number of aromatic nitrogens is 2. The van der Waals surface area contributed by atoms with Gasteiger partial charge in [0.05, 0.1) is 22.3 Å². The average molecular weight is 380 g/mol. The molecule has 0 saturated carbocycles. The number of rotatable bonds is 4. The summed E-state index contributed by atoms with van der Waals surface area (Å²) >= 11 is 1.45. The standard InChI is InChI=1S/C21H14F2N2OS/c22-14-5-9-16(10-6-14)25-20(13-27-17-11-7-15(23)8-12-17)24-19-4-2-1-3-18(19)21(25)26/h1-12H,13H2. The Balaban J connectivity index is 1.81. The Hall–Kier alpha value is -2.99. The second kappa shape index (κ2) is 7.32. The van der Waals surface area contributed by atoms with Crippen molar-refractivity contribution in [2.24, 2.45) is 0 Å². The molecule has 3 nitrogen and oxygen atoms in total. The highest BCUT2D eigenvalue weighted by Crippen LogP contribution is 2.24. The number of hydrogen-bond donors (Lipinski definition) is 0. The zero-order valence-electron chi connectivity index (χ0n) is 14.1. The van der Waals surface area contributed by atoms with Crippen molar-refractivity contribution in [2.45, 2.75) is 10.6 Å². The Morgan fingerprint density at radius 1 is 0.852 bits per heavy atom. The van der Waals surface area contributed by atoms with E-state index in [1.54, 1.807) is 42.5 Å². The second-order valence-electron chi connectivity index (χ2n) is 5.90. The minimum Gasteiger partial charge on any atom is -0.268 e. The van der Waals surface area contributed by atoms with Gasteiger partial charge in [0.25, 0.3) is 5.56 Å². The zero-order valence-corrected chi connectivity index (χ0v) is 14.9. The van der Waals surface area contributed by atoms with Crippen LogP contribution in [0.2, 0.25) is 0 Å². The van der Waals surface area contributed by atoms with E-state index in [9.17, 15) is 13.6 Å². The van der Waals surface area contributed by atoms with Gasteiger partial charge in [-0.3, -0.25) is 9.36 Å². The quantitative estimate of drug-likeness (QED) is 0.470. The van der Waals surface area contributed by atoms with Gasteiger partial charge in [-0.2, -0.15) is 0 Å². The van der Waals surface area contributed by atoms with Gasteiger partial charge in [0.1, 0.15) is 17.5 Å². The lowest BCUT2D eigenvalue weighted by Gasteiger charge is -2.13. The van der Waals surface area contributed by atoms with Crippen LogP contribution in [0.3, 0.4) is 0 Å². The minimum absolute atomic E-state index is 0.207. The van der Waals surface area contributed by atoms with Crippen LogP contribution in [0.25, 0.3) is 16.6 Å². The molecule has 1 aromatic heterocycles. The minimum atomic E-state index is -0.372. The summed E-state index contributed by atoms with van der Waals surface area (Å²) in [7, 11) is 0. The summed E-state index contributed by atoms with van der Waals surface area (Å²) in [5, 5.41) is 0.498. The smallest absolute Gasteiger partial charge is 0.265 e. The van der Waals surface area contributed by atoms with Crippen molar-refractivity contribution in [3.05, 3.63) is 101 Å². The maximum absolute atomic E-state index is 13.3. The maximum Gasteiger partial charge on any atom is 0.265 e. The molecule has 0 radical (unpaired) electrons. The first-order valence-electron chi connectivity index (χ1n) is 8.27. The Morgan fingerprint density at radius 3 is 2.19 bits per heavy atom. The predicted octanol–water partition coefficient (Wildman–Crippen LogP) is 4.96. The van der Waals surface area contributed by atoms with Crippen molar-refractivity contribution in [2.75, 3.05) is 0 Å². The topological polar surface area (TPSA) is 34.9 Å². The van der Waals surface area contributed by atoms with E-state index in [4.69, 9.17) is 0 Å². The van der Waals surface area contributed by atoms with Gasteiger partial charge >= 0.3 is 0 Å². The molecule has 0 fully saturated rings. The number of para-hydroxylation sites is 1. The van der Waals surface area contributed by atoms with E-state index in [0.29, 0.717) is 28.2 Å². The van der Waals surface area contributed by atoms with Crippen molar-refractivity contribution in [3.63, 3.8) is 0 Å². The molecule has 0 aliphatic heterocycles. The third kappa shape index (κ3) is 3.61. The lowest BCUT2D eigenvalue weighted by molar-refractivity contribution is 0.626. The van der Waals surface area contributed by atoms with Gasteiger partial charge in [-0.1, -0.05) is 12.1 Å². The molecule has 3 aromatic carbocycles. The fourth-order valence-corrected chi connectivity index (χ4v) is 3.63. The first kappa shape index (κ1) is 17.4. The normalized spacial score (nSPS) is 11.0.